The molecule has 0 aromatic heterocycles. The molecule has 0 radical (unpaired) electrons. The molecule has 0 spiro atoms. The van der Waals surface area contributed by atoms with E-state index in [9.17, 15) is 9.18 Å². The van der Waals surface area contributed by atoms with Crippen LogP contribution in [0, 0.1) is 19.7 Å². The van der Waals surface area contributed by atoms with Crippen LogP contribution in [-0.4, -0.2) is 12.5 Å². The Balaban J connectivity index is 1.94. The second-order valence-corrected chi connectivity index (χ2v) is 5.20. The van der Waals surface area contributed by atoms with E-state index in [0.29, 0.717) is 11.4 Å². The predicted molar refractivity (Wildman–Crippen MR) is 81.5 cm³/mol. The Morgan fingerprint density at radius 1 is 1.19 bits per heavy atom. The number of aryl methyl sites for hydroxylation is 2. The number of anilines is 1. The van der Waals surface area contributed by atoms with Crippen LogP contribution in [0.25, 0.3) is 0 Å². The Hall–Kier alpha value is -2.07. The number of ether oxygens (including phenoxy) is 1. The van der Waals surface area contributed by atoms with Crippen molar-refractivity contribution in [3.05, 3.63) is 58.4 Å². The molecular formula is C16H15ClFNO2. The highest BCUT2D eigenvalue weighted by molar-refractivity contribution is 6.31. The second kappa shape index (κ2) is 6.59. The van der Waals surface area contributed by atoms with E-state index in [1.807, 2.05) is 32.0 Å². The highest BCUT2D eigenvalue weighted by atomic mass is 35.5. The number of carbonyl (C=O) groups is 1. The molecule has 0 saturated heterocycles. The predicted octanol–water partition coefficient (Wildman–Crippen LogP) is 4.11. The number of rotatable bonds is 4. The fourth-order valence-electron chi connectivity index (χ4n) is 1.94. The van der Waals surface area contributed by atoms with E-state index in [1.165, 1.54) is 18.2 Å². The maximum Gasteiger partial charge on any atom is 0.262 e. The molecule has 110 valence electrons. The third-order valence-corrected chi connectivity index (χ3v) is 3.06. The lowest BCUT2D eigenvalue weighted by atomic mass is 10.1. The first-order valence-electron chi connectivity index (χ1n) is 6.40. The van der Waals surface area contributed by atoms with Crippen LogP contribution >= 0.6 is 11.6 Å². The minimum Gasteiger partial charge on any atom is -0.484 e. The van der Waals surface area contributed by atoms with Gasteiger partial charge in [-0.05, 0) is 55.3 Å². The monoisotopic (exact) mass is 307 g/mol. The zero-order valence-electron chi connectivity index (χ0n) is 11.7. The molecule has 0 atom stereocenters. The molecule has 0 fully saturated rings. The van der Waals surface area contributed by atoms with E-state index in [0.717, 1.165) is 11.1 Å². The molecule has 21 heavy (non-hydrogen) atoms. The highest BCUT2D eigenvalue weighted by Gasteiger charge is 2.06. The Bertz CT molecular complexity index is 653. The van der Waals surface area contributed by atoms with Gasteiger partial charge in [0.15, 0.2) is 6.61 Å². The molecule has 0 aliphatic rings. The summed E-state index contributed by atoms with van der Waals surface area (Å²) in [7, 11) is 0. The van der Waals surface area contributed by atoms with Gasteiger partial charge in [-0.3, -0.25) is 4.79 Å². The topological polar surface area (TPSA) is 38.3 Å². The van der Waals surface area contributed by atoms with E-state index < -0.39 is 5.82 Å². The summed E-state index contributed by atoms with van der Waals surface area (Å²) in [5.41, 5.74) is 2.56. The van der Waals surface area contributed by atoms with E-state index in [-0.39, 0.29) is 17.5 Å². The number of hydrogen-bond donors (Lipinski definition) is 1. The SMILES string of the molecule is Cc1cc(C)cc(OCC(=O)Nc2ccc(F)c(Cl)c2)c1. The van der Waals surface area contributed by atoms with E-state index >= 15 is 0 Å². The lowest BCUT2D eigenvalue weighted by Gasteiger charge is -2.09. The molecule has 0 bridgehead atoms. The molecule has 0 heterocycles. The van der Waals surface area contributed by atoms with Crippen LogP contribution in [0.3, 0.4) is 0 Å². The van der Waals surface area contributed by atoms with E-state index in [4.69, 9.17) is 16.3 Å². The normalized spacial score (nSPS) is 10.3. The number of nitrogens with one attached hydrogen (secondary N) is 1. The molecule has 2 aromatic rings. The van der Waals surface area contributed by atoms with Crippen molar-refractivity contribution in [3.63, 3.8) is 0 Å². The third kappa shape index (κ3) is 4.46. The number of hydrogen-bond acceptors (Lipinski definition) is 2. The Morgan fingerprint density at radius 3 is 2.48 bits per heavy atom. The van der Waals surface area contributed by atoms with Crippen LogP contribution in [0.4, 0.5) is 10.1 Å². The number of amides is 1. The molecule has 0 saturated carbocycles. The summed E-state index contributed by atoms with van der Waals surface area (Å²) >= 11 is 5.65. The summed E-state index contributed by atoms with van der Waals surface area (Å²) < 4.78 is 18.4. The largest absolute Gasteiger partial charge is 0.484 e. The first-order chi connectivity index (χ1) is 9.94. The van der Waals surface area contributed by atoms with Gasteiger partial charge in [0.1, 0.15) is 11.6 Å². The van der Waals surface area contributed by atoms with Gasteiger partial charge >= 0.3 is 0 Å². The van der Waals surface area contributed by atoms with Crippen molar-refractivity contribution in [1.29, 1.82) is 0 Å². The van der Waals surface area contributed by atoms with Gasteiger partial charge in [-0.2, -0.15) is 0 Å². The molecule has 2 rings (SSSR count). The summed E-state index contributed by atoms with van der Waals surface area (Å²) in [5, 5.41) is 2.56. The summed E-state index contributed by atoms with van der Waals surface area (Å²) in [4.78, 5) is 11.8. The Morgan fingerprint density at radius 2 is 1.86 bits per heavy atom. The van der Waals surface area contributed by atoms with Crippen molar-refractivity contribution in [2.24, 2.45) is 0 Å². The highest BCUT2D eigenvalue weighted by Crippen LogP contribution is 2.19. The number of halogens is 2. The third-order valence-electron chi connectivity index (χ3n) is 2.77. The first kappa shape index (κ1) is 15.3. The van der Waals surface area contributed by atoms with Gasteiger partial charge in [0, 0.05) is 5.69 Å². The molecule has 3 nitrogen and oxygen atoms in total. The summed E-state index contributed by atoms with van der Waals surface area (Å²) in [5.74, 6) is -0.224. The van der Waals surface area contributed by atoms with Crippen molar-refractivity contribution in [2.75, 3.05) is 11.9 Å². The molecule has 2 aromatic carbocycles. The van der Waals surface area contributed by atoms with Crippen LogP contribution in [0.15, 0.2) is 36.4 Å². The Kier molecular flexibility index (Phi) is 4.81. The smallest absolute Gasteiger partial charge is 0.262 e. The molecule has 0 unspecified atom stereocenters. The molecule has 1 N–H and O–H groups in total. The molecule has 1 amide bonds. The fraction of sp³-hybridized carbons (Fsp3) is 0.188. The zero-order valence-corrected chi connectivity index (χ0v) is 12.5. The lowest BCUT2D eigenvalue weighted by molar-refractivity contribution is -0.118. The second-order valence-electron chi connectivity index (χ2n) is 4.79. The lowest BCUT2D eigenvalue weighted by Crippen LogP contribution is -2.20. The van der Waals surface area contributed by atoms with Crippen molar-refractivity contribution >= 4 is 23.2 Å². The number of benzene rings is 2. The standard InChI is InChI=1S/C16H15ClFNO2/c1-10-5-11(2)7-13(6-10)21-9-16(20)19-12-3-4-15(18)14(17)8-12/h3-8H,9H2,1-2H3,(H,19,20). The first-order valence-corrected chi connectivity index (χ1v) is 6.78. The number of carbonyl (C=O) groups excluding carboxylic acids is 1. The van der Waals surface area contributed by atoms with Gasteiger partial charge in [0.25, 0.3) is 5.91 Å². The molecular weight excluding hydrogens is 293 g/mol. The van der Waals surface area contributed by atoms with Crippen LogP contribution < -0.4 is 10.1 Å². The maximum atomic E-state index is 13.0. The fourth-order valence-corrected chi connectivity index (χ4v) is 2.12. The summed E-state index contributed by atoms with van der Waals surface area (Å²) in [6.07, 6.45) is 0. The van der Waals surface area contributed by atoms with Crippen molar-refractivity contribution in [2.45, 2.75) is 13.8 Å². The maximum absolute atomic E-state index is 13.0. The van der Waals surface area contributed by atoms with E-state index in [2.05, 4.69) is 5.32 Å². The van der Waals surface area contributed by atoms with Crippen molar-refractivity contribution in [3.8, 4) is 5.75 Å². The van der Waals surface area contributed by atoms with Gasteiger partial charge in [-0.1, -0.05) is 17.7 Å². The quantitative estimate of drug-likeness (QED) is 0.923. The molecule has 0 aliphatic heterocycles. The minimum absolute atomic E-state index is 0.0389. The van der Waals surface area contributed by atoms with Crippen LogP contribution in [-0.2, 0) is 4.79 Å². The van der Waals surface area contributed by atoms with Crippen LogP contribution in [0.2, 0.25) is 5.02 Å². The summed E-state index contributed by atoms with van der Waals surface area (Å²) in [6.45, 7) is 3.79. The van der Waals surface area contributed by atoms with Gasteiger partial charge in [0.05, 0.1) is 5.02 Å². The van der Waals surface area contributed by atoms with E-state index in [1.54, 1.807) is 0 Å². The summed E-state index contributed by atoms with van der Waals surface area (Å²) in [6, 6.07) is 9.72. The van der Waals surface area contributed by atoms with Crippen molar-refractivity contribution in [1.82, 2.24) is 0 Å². The van der Waals surface area contributed by atoms with Crippen molar-refractivity contribution < 1.29 is 13.9 Å². The average Bonchev–Trinajstić information content (AvgIpc) is 2.40. The van der Waals surface area contributed by atoms with Gasteiger partial charge in [0.2, 0.25) is 0 Å². The van der Waals surface area contributed by atoms with Crippen LogP contribution in [0.1, 0.15) is 11.1 Å². The van der Waals surface area contributed by atoms with Crippen LogP contribution in [0.5, 0.6) is 5.75 Å². The minimum atomic E-state index is -0.527. The Labute approximate surface area is 127 Å². The molecule has 0 aliphatic carbocycles. The average molecular weight is 308 g/mol. The van der Waals surface area contributed by atoms with Gasteiger partial charge in [-0.25, -0.2) is 4.39 Å². The molecule has 5 heteroatoms. The zero-order chi connectivity index (χ0) is 15.4. The van der Waals surface area contributed by atoms with Gasteiger partial charge in [-0.15, -0.1) is 0 Å². The van der Waals surface area contributed by atoms with Gasteiger partial charge < -0.3 is 10.1 Å².